The summed E-state index contributed by atoms with van der Waals surface area (Å²) < 4.78 is 5.26. The van der Waals surface area contributed by atoms with Gasteiger partial charge in [-0.25, -0.2) is 0 Å². The SMILES string of the molecule is CCOC(C)=O.N#Cc1ccccc1Br. The van der Waals surface area contributed by atoms with Gasteiger partial charge in [-0.05, 0) is 35.0 Å². The Morgan fingerprint density at radius 3 is 2.40 bits per heavy atom. The van der Waals surface area contributed by atoms with Crippen LogP contribution in [0, 0.1) is 11.3 Å². The molecule has 0 N–H and O–H groups in total. The number of carbonyl (C=O) groups is 1. The van der Waals surface area contributed by atoms with Crippen LogP contribution in [0.1, 0.15) is 19.4 Å². The fraction of sp³-hybridized carbons (Fsp3) is 0.273. The van der Waals surface area contributed by atoms with Crippen molar-refractivity contribution in [1.82, 2.24) is 0 Å². The quantitative estimate of drug-likeness (QED) is 0.737. The van der Waals surface area contributed by atoms with Gasteiger partial charge in [0.25, 0.3) is 0 Å². The first-order chi connectivity index (χ1) is 7.11. The first kappa shape index (κ1) is 13.7. The molecule has 0 aliphatic carbocycles. The van der Waals surface area contributed by atoms with Crippen molar-refractivity contribution in [2.24, 2.45) is 0 Å². The molecule has 1 aromatic carbocycles. The van der Waals surface area contributed by atoms with Gasteiger partial charge >= 0.3 is 5.97 Å². The van der Waals surface area contributed by atoms with Crippen LogP contribution in [0.3, 0.4) is 0 Å². The molecule has 0 aliphatic rings. The summed E-state index contributed by atoms with van der Waals surface area (Å²) in [5, 5.41) is 8.44. The molecule has 0 atom stereocenters. The average Bonchev–Trinajstić information content (AvgIpc) is 2.19. The summed E-state index contributed by atoms with van der Waals surface area (Å²) in [6.45, 7) is 3.65. The lowest BCUT2D eigenvalue weighted by molar-refractivity contribution is -0.140. The zero-order chi connectivity index (χ0) is 11.7. The topological polar surface area (TPSA) is 50.1 Å². The summed E-state index contributed by atoms with van der Waals surface area (Å²) in [7, 11) is 0. The Morgan fingerprint density at radius 1 is 1.53 bits per heavy atom. The van der Waals surface area contributed by atoms with Gasteiger partial charge in [0.15, 0.2) is 0 Å². The van der Waals surface area contributed by atoms with Gasteiger partial charge < -0.3 is 4.74 Å². The number of nitriles is 1. The van der Waals surface area contributed by atoms with Crippen LogP contribution in [0.5, 0.6) is 0 Å². The zero-order valence-electron chi connectivity index (χ0n) is 8.66. The molecule has 0 spiro atoms. The number of nitrogens with zero attached hydrogens (tertiary/aromatic N) is 1. The van der Waals surface area contributed by atoms with E-state index in [-0.39, 0.29) is 5.97 Å². The van der Waals surface area contributed by atoms with E-state index in [4.69, 9.17) is 5.26 Å². The minimum absolute atomic E-state index is 0.211. The molecule has 1 aromatic rings. The fourth-order valence-corrected chi connectivity index (χ4v) is 1.13. The van der Waals surface area contributed by atoms with E-state index in [2.05, 4.69) is 20.7 Å². The third kappa shape index (κ3) is 6.69. The summed E-state index contributed by atoms with van der Waals surface area (Å²) in [6, 6.07) is 9.38. The maximum Gasteiger partial charge on any atom is 0.302 e. The Balaban J connectivity index is 0.000000288. The van der Waals surface area contributed by atoms with Gasteiger partial charge in [0.1, 0.15) is 6.07 Å². The van der Waals surface area contributed by atoms with Crippen LogP contribution in [0.4, 0.5) is 0 Å². The summed E-state index contributed by atoms with van der Waals surface area (Å²) in [4.78, 5) is 9.82. The molecular weight excluding hydrogens is 258 g/mol. The first-order valence-corrected chi connectivity index (χ1v) is 5.19. The number of halogens is 1. The largest absolute Gasteiger partial charge is 0.466 e. The summed E-state index contributed by atoms with van der Waals surface area (Å²) in [6.07, 6.45) is 0. The van der Waals surface area contributed by atoms with Crippen LogP contribution in [-0.4, -0.2) is 12.6 Å². The number of hydrogen-bond donors (Lipinski definition) is 0. The molecule has 0 amide bonds. The molecular formula is C11H12BrNO2. The molecule has 1 rings (SSSR count). The Hall–Kier alpha value is -1.34. The molecule has 0 bridgehead atoms. The van der Waals surface area contributed by atoms with Crippen molar-refractivity contribution in [3.05, 3.63) is 34.3 Å². The van der Waals surface area contributed by atoms with E-state index in [9.17, 15) is 4.79 Å². The van der Waals surface area contributed by atoms with Crippen LogP contribution in [0.25, 0.3) is 0 Å². The van der Waals surface area contributed by atoms with E-state index in [1.807, 2.05) is 24.3 Å². The lowest BCUT2D eigenvalue weighted by atomic mass is 10.2. The van der Waals surface area contributed by atoms with Gasteiger partial charge in [0.05, 0.1) is 12.2 Å². The van der Waals surface area contributed by atoms with Gasteiger partial charge in [0, 0.05) is 11.4 Å². The van der Waals surface area contributed by atoms with Crippen LogP contribution >= 0.6 is 15.9 Å². The number of rotatable bonds is 1. The van der Waals surface area contributed by atoms with Gasteiger partial charge in [-0.2, -0.15) is 5.26 Å². The highest BCUT2D eigenvalue weighted by atomic mass is 79.9. The van der Waals surface area contributed by atoms with E-state index >= 15 is 0 Å². The van der Waals surface area contributed by atoms with Crippen molar-refractivity contribution in [3.63, 3.8) is 0 Å². The molecule has 15 heavy (non-hydrogen) atoms. The Labute approximate surface area is 97.8 Å². The van der Waals surface area contributed by atoms with Crippen molar-refractivity contribution in [3.8, 4) is 6.07 Å². The van der Waals surface area contributed by atoms with Crippen molar-refractivity contribution in [1.29, 1.82) is 5.26 Å². The smallest absolute Gasteiger partial charge is 0.302 e. The zero-order valence-corrected chi connectivity index (χ0v) is 10.2. The summed E-state index contributed by atoms with van der Waals surface area (Å²) in [5.41, 5.74) is 0.678. The van der Waals surface area contributed by atoms with Gasteiger partial charge in [0.2, 0.25) is 0 Å². The third-order valence-corrected chi connectivity index (χ3v) is 2.03. The Kier molecular flexibility index (Phi) is 7.29. The average molecular weight is 270 g/mol. The van der Waals surface area contributed by atoms with Crippen molar-refractivity contribution >= 4 is 21.9 Å². The molecule has 3 nitrogen and oxygen atoms in total. The summed E-state index contributed by atoms with van der Waals surface area (Å²) >= 11 is 3.23. The standard InChI is InChI=1S/C7H4BrN.C4H8O2/c8-7-4-2-1-3-6(7)5-9;1-3-6-4(2)5/h1-4H;3H2,1-2H3. The molecule has 0 saturated heterocycles. The third-order valence-electron chi connectivity index (χ3n) is 1.34. The highest BCUT2D eigenvalue weighted by Crippen LogP contribution is 2.13. The highest BCUT2D eigenvalue weighted by molar-refractivity contribution is 9.10. The molecule has 0 radical (unpaired) electrons. The molecule has 0 heterocycles. The minimum atomic E-state index is -0.211. The van der Waals surface area contributed by atoms with Crippen molar-refractivity contribution < 1.29 is 9.53 Å². The normalized spacial score (nSPS) is 8.13. The highest BCUT2D eigenvalue weighted by Gasteiger charge is 1.92. The molecule has 0 unspecified atom stereocenters. The van der Waals surface area contributed by atoms with Crippen LogP contribution in [0.15, 0.2) is 28.7 Å². The number of carbonyl (C=O) groups excluding carboxylic acids is 1. The monoisotopic (exact) mass is 269 g/mol. The predicted molar refractivity (Wildman–Crippen MR) is 61.2 cm³/mol. The first-order valence-electron chi connectivity index (χ1n) is 4.39. The summed E-state index contributed by atoms with van der Waals surface area (Å²) in [5.74, 6) is -0.211. The van der Waals surface area contributed by atoms with Crippen LogP contribution < -0.4 is 0 Å². The predicted octanol–water partition coefficient (Wildman–Crippen LogP) is 2.89. The second-order valence-electron chi connectivity index (χ2n) is 2.52. The van der Waals surface area contributed by atoms with Crippen molar-refractivity contribution in [2.75, 3.05) is 6.61 Å². The van der Waals surface area contributed by atoms with E-state index in [1.165, 1.54) is 6.92 Å². The second kappa shape index (κ2) is 8.01. The maximum atomic E-state index is 9.82. The van der Waals surface area contributed by atoms with Gasteiger partial charge in [-0.3, -0.25) is 4.79 Å². The molecule has 80 valence electrons. The molecule has 4 heteroatoms. The lowest BCUT2D eigenvalue weighted by Crippen LogP contribution is -1.95. The van der Waals surface area contributed by atoms with E-state index in [1.54, 1.807) is 13.0 Å². The maximum absolute atomic E-state index is 9.82. The number of hydrogen-bond acceptors (Lipinski definition) is 3. The Bertz CT molecular complexity index is 358. The van der Waals surface area contributed by atoms with Gasteiger partial charge in [-0.15, -0.1) is 0 Å². The fourth-order valence-electron chi connectivity index (χ4n) is 0.755. The van der Waals surface area contributed by atoms with E-state index < -0.39 is 0 Å². The minimum Gasteiger partial charge on any atom is -0.466 e. The lowest BCUT2D eigenvalue weighted by Gasteiger charge is -1.89. The second-order valence-corrected chi connectivity index (χ2v) is 3.37. The number of esters is 1. The van der Waals surface area contributed by atoms with Crippen LogP contribution in [-0.2, 0) is 9.53 Å². The van der Waals surface area contributed by atoms with Crippen molar-refractivity contribution in [2.45, 2.75) is 13.8 Å². The molecule has 0 aromatic heterocycles. The number of ether oxygens (including phenoxy) is 1. The molecule has 0 saturated carbocycles. The van der Waals surface area contributed by atoms with E-state index in [0.717, 1.165) is 4.47 Å². The van der Waals surface area contributed by atoms with E-state index in [0.29, 0.717) is 12.2 Å². The van der Waals surface area contributed by atoms with Crippen LogP contribution in [0.2, 0.25) is 0 Å². The van der Waals surface area contributed by atoms with Gasteiger partial charge in [-0.1, -0.05) is 12.1 Å². The number of benzene rings is 1. The molecule has 0 aliphatic heterocycles. The molecule has 0 fully saturated rings. The Morgan fingerprint density at radius 2 is 2.13 bits per heavy atom.